The molecule has 2 unspecified atom stereocenters. The van der Waals surface area contributed by atoms with Crippen LogP contribution in [0.2, 0.25) is 0 Å². The first-order chi connectivity index (χ1) is 7.06. The predicted molar refractivity (Wildman–Crippen MR) is 52.1 cm³/mol. The summed E-state index contributed by atoms with van der Waals surface area (Å²) >= 11 is 0. The molecule has 8 nitrogen and oxygen atoms in total. The Hall–Kier alpha value is 0.739. The number of hydrogen-bond acceptors (Lipinski definition) is 6. The Morgan fingerprint density at radius 2 is 1.47 bits per heavy atom. The van der Waals surface area contributed by atoms with Crippen LogP contribution in [-0.4, -0.2) is 26.5 Å². The third kappa shape index (κ3) is 5.49. The molecule has 0 aliphatic carbocycles. The van der Waals surface area contributed by atoms with Crippen LogP contribution in [0.5, 0.6) is 0 Å². The zero-order chi connectivity index (χ0) is 13.0. The minimum Gasteiger partial charge on any atom is -0.776 e. The largest absolute Gasteiger partial charge is 2.00 e. The fraction of sp³-hybridized carbons (Fsp3) is 1.00. The Kier molecular flexibility index (Phi) is 8.69. The van der Waals surface area contributed by atoms with E-state index in [-0.39, 0.29) is 23.5 Å². The van der Waals surface area contributed by atoms with Gasteiger partial charge in [0.05, 0.1) is 0 Å². The molecule has 0 spiro atoms. The maximum Gasteiger partial charge on any atom is 2.00 e. The summed E-state index contributed by atoms with van der Waals surface area (Å²) in [5.41, 5.74) is 5.16. The minimum atomic E-state index is -5.61. The molecule has 0 fully saturated rings. The van der Waals surface area contributed by atoms with E-state index in [4.69, 9.17) is 15.5 Å². The summed E-state index contributed by atoms with van der Waals surface area (Å²) in [6.45, 7) is 0.334. The van der Waals surface area contributed by atoms with E-state index in [1.54, 1.807) is 0 Å². The summed E-state index contributed by atoms with van der Waals surface area (Å²) in [6, 6.07) is 0. The van der Waals surface area contributed by atoms with Crippen LogP contribution >= 0.6 is 15.2 Å². The maximum absolute atomic E-state index is 10.7. The van der Waals surface area contributed by atoms with Crippen LogP contribution in [0.25, 0.3) is 0 Å². The average molecular weight is 330 g/mol. The van der Waals surface area contributed by atoms with Crippen molar-refractivity contribution < 1.29 is 50.9 Å². The normalized spacial score (nSPS) is 21.8. The summed E-state index contributed by atoms with van der Waals surface area (Å²) < 4.78 is 21.5. The summed E-state index contributed by atoms with van der Waals surface area (Å²) in [6.07, 6.45) is 0.0902. The van der Waals surface area contributed by atoms with Gasteiger partial charge in [-0.25, -0.2) is 0 Å². The molecule has 103 valence electrons. The van der Waals surface area contributed by atoms with Gasteiger partial charge in [-0.05, 0) is 25.8 Å². The van der Waals surface area contributed by atoms with E-state index >= 15 is 0 Å². The van der Waals surface area contributed by atoms with Gasteiger partial charge >= 0.3 is 17.1 Å². The number of rotatable bonds is 7. The molecule has 0 aromatic heterocycles. The van der Waals surface area contributed by atoms with Gasteiger partial charge in [-0.3, -0.25) is 0 Å². The van der Waals surface area contributed by atoms with Crippen molar-refractivity contribution in [1.82, 2.24) is 0 Å². The van der Waals surface area contributed by atoms with Gasteiger partial charge in [0.2, 0.25) is 0 Å². The quantitative estimate of drug-likeness (QED) is 0.242. The molecule has 0 heterocycles. The fourth-order valence-electron chi connectivity index (χ4n) is 1.13. The van der Waals surface area contributed by atoms with Crippen LogP contribution < -0.4 is 15.5 Å². The molecule has 1 radical (unpaired) electrons. The third-order valence-corrected chi connectivity index (χ3v) is 5.90. The van der Waals surface area contributed by atoms with E-state index in [0.29, 0.717) is 19.4 Å². The van der Waals surface area contributed by atoms with Crippen molar-refractivity contribution in [3.8, 4) is 0 Å². The molecule has 0 aliphatic rings. The second kappa shape index (κ2) is 7.36. The Bertz CT molecular complexity index is 291. The van der Waals surface area contributed by atoms with Gasteiger partial charge in [-0.15, -0.1) is 0 Å². The second-order valence-electron chi connectivity index (χ2n) is 3.41. The Balaban J connectivity index is 0. The Labute approximate surface area is 109 Å². The molecule has 0 bridgehead atoms. The van der Waals surface area contributed by atoms with Gasteiger partial charge < -0.3 is 39.5 Å². The van der Waals surface area contributed by atoms with Crippen molar-refractivity contribution in [2.45, 2.75) is 30.8 Å². The summed E-state index contributed by atoms with van der Waals surface area (Å²) in [4.78, 5) is 38.7. The number of aliphatic hydroxyl groups is 1. The van der Waals surface area contributed by atoms with E-state index in [2.05, 4.69) is 0 Å². The molecule has 2 atom stereocenters. The van der Waals surface area contributed by atoms with E-state index in [1.807, 2.05) is 0 Å². The zero-order valence-electron chi connectivity index (χ0n) is 8.86. The van der Waals surface area contributed by atoms with Crippen molar-refractivity contribution in [2.24, 2.45) is 5.73 Å². The van der Waals surface area contributed by atoms with Gasteiger partial charge in [-0.2, -0.15) is 0 Å². The van der Waals surface area contributed by atoms with Gasteiger partial charge in [0.15, 0.2) is 20.3 Å². The van der Waals surface area contributed by atoms with Crippen LogP contribution in [0.4, 0.5) is 0 Å². The third-order valence-electron chi connectivity index (χ3n) is 2.12. The van der Waals surface area contributed by atoms with E-state index in [0.717, 1.165) is 0 Å². The van der Waals surface area contributed by atoms with Gasteiger partial charge in [-0.1, -0.05) is 6.42 Å². The maximum atomic E-state index is 10.7. The van der Waals surface area contributed by atoms with Gasteiger partial charge in [0.25, 0.3) is 0 Å². The van der Waals surface area contributed by atoms with Gasteiger partial charge in [0.1, 0.15) is 0 Å². The van der Waals surface area contributed by atoms with E-state index in [1.165, 1.54) is 0 Å². The number of nitrogens with two attached hydrogens (primary N) is 1. The minimum absolute atomic E-state index is 0. The summed E-state index contributed by atoms with van der Waals surface area (Å²) in [5, 5.41) is 5.80. The molecule has 0 saturated carbocycles. The number of unbranched alkanes of at least 4 members (excludes halogenated alkanes) is 2. The smallest absolute Gasteiger partial charge is 0.776 e. The zero-order valence-corrected chi connectivity index (χ0v) is 11.8. The SMILES string of the molecule is NCCCCCC(O)(P(=O)([O-])O)P(=O)([O-])O.[Mn+2]. The standard InChI is InChI=1S/C6H17NO7P2.Mn/c7-5-3-1-2-4-6(8,15(9,10)11)16(12,13)14;/h8H,1-5,7H2,(H2,9,10,11)(H2,12,13,14);/q;+2/p-2. The van der Waals surface area contributed by atoms with Crippen molar-refractivity contribution in [2.75, 3.05) is 6.54 Å². The molecular formula is C6H15MnNO7P2. The first-order valence-corrected chi connectivity index (χ1v) is 7.72. The summed E-state index contributed by atoms with van der Waals surface area (Å²) in [5.74, 6) is 0. The van der Waals surface area contributed by atoms with Crippen LogP contribution in [0, 0.1) is 0 Å². The molecule has 0 aliphatic heterocycles. The van der Waals surface area contributed by atoms with E-state index < -0.39 is 26.7 Å². The molecule has 0 saturated heterocycles. The molecule has 5 N–H and O–H groups in total. The Morgan fingerprint density at radius 1 is 1.06 bits per heavy atom. The van der Waals surface area contributed by atoms with Crippen LogP contribution in [0.15, 0.2) is 0 Å². The topological polar surface area (TPSA) is 167 Å². The predicted octanol–water partition coefficient (Wildman–Crippen LogP) is -1.76. The molecule has 0 aromatic carbocycles. The van der Waals surface area contributed by atoms with Crippen molar-refractivity contribution in [3.05, 3.63) is 0 Å². The van der Waals surface area contributed by atoms with Crippen LogP contribution in [0.3, 0.4) is 0 Å². The van der Waals surface area contributed by atoms with Crippen molar-refractivity contribution >= 4 is 15.2 Å². The average Bonchev–Trinajstić information content (AvgIpc) is 2.08. The summed E-state index contributed by atoms with van der Waals surface area (Å²) in [7, 11) is -11.2. The van der Waals surface area contributed by atoms with Crippen molar-refractivity contribution in [3.63, 3.8) is 0 Å². The molecule has 17 heavy (non-hydrogen) atoms. The fourth-order valence-corrected chi connectivity index (χ4v) is 3.28. The van der Waals surface area contributed by atoms with Crippen LogP contribution in [-0.2, 0) is 26.2 Å². The van der Waals surface area contributed by atoms with Gasteiger partial charge in [0, 0.05) is 0 Å². The molecule has 11 heteroatoms. The molecule has 0 aromatic rings. The van der Waals surface area contributed by atoms with E-state index in [9.17, 15) is 24.0 Å². The van der Waals surface area contributed by atoms with Crippen LogP contribution in [0.1, 0.15) is 25.7 Å². The monoisotopic (exact) mass is 330 g/mol. The first-order valence-electron chi connectivity index (χ1n) is 4.56. The first kappa shape index (κ1) is 20.1. The molecular weight excluding hydrogens is 315 g/mol. The molecule has 0 amide bonds. The Morgan fingerprint density at radius 3 is 1.76 bits per heavy atom. The molecule has 0 rings (SSSR count). The van der Waals surface area contributed by atoms with Crippen molar-refractivity contribution in [1.29, 1.82) is 0 Å². The number of hydrogen-bond donors (Lipinski definition) is 4. The second-order valence-corrected chi connectivity index (χ2v) is 7.33.